The number of benzene rings is 8. The van der Waals surface area contributed by atoms with Crippen molar-refractivity contribution in [2.45, 2.75) is 0 Å². The average molecular weight is 659 g/mol. The quantitative estimate of drug-likeness (QED) is 0.188. The van der Waals surface area contributed by atoms with Gasteiger partial charge in [0.15, 0.2) is 28.7 Å². The summed E-state index contributed by atoms with van der Waals surface area (Å²) >= 11 is 0. The lowest BCUT2D eigenvalue weighted by Crippen LogP contribution is -2.14. The van der Waals surface area contributed by atoms with Gasteiger partial charge in [-0.25, -0.2) is 0 Å². The summed E-state index contributed by atoms with van der Waals surface area (Å²) in [6, 6.07) is 62.4. The van der Waals surface area contributed by atoms with Crippen LogP contribution in [0.25, 0.3) is 21.9 Å². The number of fused-ring (bicyclic) bond motifs is 5. The Morgan fingerprint density at radius 2 is 0.941 bits per heavy atom. The Kier molecular flexibility index (Phi) is 6.74. The maximum atomic E-state index is 7.11. The Morgan fingerprint density at radius 3 is 1.71 bits per heavy atom. The minimum Gasteiger partial charge on any atom is -0.454 e. The maximum absolute atomic E-state index is 7.11. The average Bonchev–Trinajstić information content (AvgIpc) is 3.23. The van der Waals surface area contributed by atoms with Crippen molar-refractivity contribution in [1.82, 2.24) is 0 Å². The highest BCUT2D eigenvalue weighted by molar-refractivity contribution is 6.05. The largest absolute Gasteiger partial charge is 0.454 e. The monoisotopic (exact) mass is 658 g/mol. The van der Waals surface area contributed by atoms with E-state index in [-0.39, 0.29) is 0 Å². The Balaban J connectivity index is 1.23. The molecule has 8 aromatic rings. The van der Waals surface area contributed by atoms with Crippen LogP contribution in [0, 0.1) is 0 Å². The molecule has 0 atom stereocenters. The number of hydrogen-bond donors (Lipinski definition) is 0. The van der Waals surface area contributed by atoms with Crippen LogP contribution in [0.15, 0.2) is 182 Å². The second kappa shape index (κ2) is 11.9. The molecule has 0 aliphatic carbocycles. The molecule has 0 spiro atoms. The van der Waals surface area contributed by atoms with Crippen molar-refractivity contribution >= 4 is 44.9 Å². The molecule has 0 N–H and O–H groups in total. The highest BCUT2D eigenvalue weighted by Crippen LogP contribution is 2.53. The molecule has 0 saturated carbocycles. The molecule has 8 aromatic carbocycles. The molecule has 0 amide bonds. The summed E-state index contributed by atoms with van der Waals surface area (Å²) in [5.74, 6) is 4.20. The van der Waals surface area contributed by atoms with E-state index >= 15 is 0 Å². The Bertz CT molecular complexity index is 2540. The van der Waals surface area contributed by atoms with Crippen LogP contribution in [0.1, 0.15) is 0 Å². The maximum Gasteiger partial charge on any atom is 0.172 e. The molecule has 10 rings (SSSR count). The van der Waals surface area contributed by atoms with Crippen molar-refractivity contribution in [3.05, 3.63) is 182 Å². The number of ether oxygens (including phenoxy) is 3. The lowest BCUT2D eigenvalue weighted by molar-refractivity contribution is 0.359. The van der Waals surface area contributed by atoms with E-state index in [1.165, 1.54) is 0 Å². The standard InChI is InChI=1S/C46H30N2O3/c1-3-15-32(16-4-1)47(33-17-5-2-6-18-33)34-25-27-39-44(29-34)51-43-24-12-14-31-13-11-20-37(46(31)43)36-19-7-8-21-38(36)48(39)35-26-28-42-45(30-35)50-41-23-10-9-22-40(41)49-42/h1-30H. The van der Waals surface area contributed by atoms with Gasteiger partial charge in [0, 0.05) is 40.1 Å². The fraction of sp³-hybridized carbons (Fsp3) is 0. The van der Waals surface area contributed by atoms with Gasteiger partial charge in [0.2, 0.25) is 0 Å². The highest BCUT2D eigenvalue weighted by atomic mass is 16.6. The third kappa shape index (κ3) is 4.94. The van der Waals surface area contributed by atoms with E-state index in [0.717, 1.165) is 61.8 Å². The molecule has 242 valence electrons. The lowest BCUT2D eigenvalue weighted by atomic mass is 9.95. The second-order valence-corrected chi connectivity index (χ2v) is 12.6. The number of rotatable bonds is 4. The molecule has 0 bridgehead atoms. The highest BCUT2D eigenvalue weighted by Gasteiger charge is 2.28. The van der Waals surface area contributed by atoms with Crippen molar-refractivity contribution in [3.63, 3.8) is 0 Å². The fourth-order valence-electron chi connectivity index (χ4n) is 7.20. The molecule has 51 heavy (non-hydrogen) atoms. The smallest absolute Gasteiger partial charge is 0.172 e. The van der Waals surface area contributed by atoms with Gasteiger partial charge in [0.05, 0.1) is 17.1 Å². The zero-order valence-corrected chi connectivity index (χ0v) is 27.4. The normalized spacial score (nSPS) is 12.4. The third-order valence-corrected chi connectivity index (χ3v) is 9.47. The molecule has 5 heteroatoms. The Labute approximate surface area is 295 Å². The van der Waals surface area contributed by atoms with Crippen molar-refractivity contribution in [2.24, 2.45) is 0 Å². The predicted molar refractivity (Wildman–Crippen MR) is 205 cm³/mol. The van der Waals surface area contributed by atoms with Crippen molar-refractivity contribution < 1.29 is 14.2 Å². The van der Waals surface area contributed by atoms with Crippen molar-refractivity contribution in [1.29, 1.82) is 0 Å². The van der Waals surface area contributed by atoms with E-state index < -0.39 is 0 Å². The van der Waals surface area contributed by atoms with Gasteiger partial charge in [-0.3, -0.25) is 0 Å². The van der Waals surface area contributed by atoms with Crippen molar-refractivity contribution in [3.8, 4) is 45.6 Å². The summed E-state index contributed by atoms with van der Waals surface area (Å²) < 4.78 is 19.8. The van der Waals surface area contributed by atoms with Crippen LogP contribution in [-0.2, 0) is 0 Å². The van der Waals surface area contributed by atoms with E-state index in [0.29, 0.717) is 28.7 Å². The molecule has 0 saturated heterocycles. The van der Waals surface area contributed by atoms with E-state index in [1.54, 1.807) is 0 Å². The van der Waals surface area contributed by atoms with E-state index in [9.17, 15) is 0 Å². The minimum absolute atomic E-state index is 0.646. The SMILES string of the molecule is c1ccc(N(c2ccccc2)c2ccc3c(c2)Oc2cccc4cccc(c24)-c2ccccc2N3c2ccc3c(c2)Oc2ccccc2O3)cc1. The summed E-state index contributed by atoms with van der Waals surface area (Å²) in [6.45, 7) is 0. The summed E-state index contributed by atoms with van der Waals surface area (Å²) in [5, 5.41) is 2.17. The molecule has 0 aromatic heterocycles. The third-order valence-electron chi connectivity index (χ3n) is 9.47. The van der Waals surface area contributed by atoms with Crippen LogP contribution in [0.2, 0.25) is 0 Å². The fourth-order valence-corrected chi connectivity index (χ4v) is 7.20. The molecule has 2 heterocycles. The summed E-state index contributed by atoms with van der Waals surface area (Å²) in [6.07, 6.45) is 0. The van der Waals surface area contributed by atoms with E-state index in [2.05, 4.69) is 143 Å². The summed E-state index contributed by atoms with van der Waals surface area (Å²) in [4.78, 5) is 4.52. The number of para-hydroxylation sites is 5. The zero-order chi connectivity index (χ0) is 33.7. The van der Waals surface area contributed by atoms with Gasteiger partial charge in [-0.15, -0.1) is 0 Å². The molecule has 2 aliphatic rings. The van der Waals surface area contributed by atoms with Gasteiger partial charge in [-0.1, -0.05) is 97.1 Å². The first-order valence-corrected chi connectivity index (χ1v) is 17.0. The van der Waals surface area contributed by atoms with Crippen LogP contribution in [0.5, 0.6) is 34.5 Å². The molecule has 0 unspecified atom stereocenters. The first-order chi connectivity index (χ1) is 25.3. The second-order valence-electron chi connectivity index (χ2n) is 12.6. The van der Waals surface area contributed by atoms with Gasteiger partial charge in [0.25, 0.3) is 0 Å². The molecular weight excluding hydrogens is 629 g/mol. The van der Waals surface area contributed by atoms with Crippen LogP contribution >= 0.6 is 0 Å². The van der Waals surface area contributed by atoms with Crippen LogP contribution in [-0.4, -0.2) is 0 Å². The van der Waals surface area contributed by atoms with E-state index in [1.807, 2.05) is 48.5 Å². The van der Waals surface area contributed by atoms with Gasteiger partial charge in [0.1, 0.15) is 5.75 Å². The van der Waals surface area contributed by atoms with Crippen LogP contribution in [0.3, 0.4) is 0 Å². The number of hydrogen-bond acceptors (Lipinski definition) is 5. The van der Waals surface area contributed by atoms with Gasteiger partial charge < -0.3 is 24.0 Å². The van der Waals surface area contributed by atoms with E-state index in [4.69, 9.17) is 14.2 Å². The molecule has 0 radical (unpaired) electrons. The number of nitrogens with zero attached hydrogens (tertiary/aromatic N) is 2. The molecule has 0 fully saturated rings. The molecular formula is C46H30N2O3. The first-order valence-electron chi connectivity index (χ1n) is 17.0. The Hall–Kier alpha value is -6.98. The topological polar surface area (TPSA) is 34.2 Å². The van der Waals surface area contributed by atoms with Crippen LogP contribution < -0.4 is 24.0 Å². The molecule has 5 nitrogen and oxygen atoms in total. The zero-order valence-electron chi connectivity index (χ0n) is 27.4. The minimum atomic E-state index is 0.646. The predicted octanol–water partition coefficient (Wildman–Crippen LogP) is 13.5. The summed E-state index contributed by atoms with van der Waals surface area (Å²) in [5.41, 5.74) is 8.06. The van der Waals surface area contributed by atoms with Gasteiger partial charge in [-0.2, -0.15) is 0 Å². The van der Waals surface area contributed by atoms with Gasteiger partial charge >= 0.3 is 0 Å². The van der Waals surface area contributed by atoms with Crippen molar-refractivity contribution in [2.75, 3.05) is 9.80 Å². The molecule has 2 aliphatic heterocycles. The number of anilines is 6. The van der Waals surface area contributed by atoms with Crippen LogP contribution in [0.4, 0.5) is 34.1 Å². The van der Waals surface area contributed by atoms with Gasteiger partial charge in [-0.05, 0) is 83.7 Å². The first kappa shape index (κ1) is 29.0. The Morgan fingerprint density at radius 1 is 0.353 bits per heavy atom. The summed E-state index contributed by atoms with van der Waals surface area (Å²) in [7, 11) is 0. The lowest BCUT2D eigenvalue weighted by Gasteiger charge is -2.31.